The van der Waals surface area contributed by atoms with Crippen molar-refractivity contribution in [3.63, 3.8) is 0 Å². The molecular formula is C24H34N4O2. The highest BCUT2D eigenvalue weighted by Gasteiger charge is 2.50. The summed E-state index contributed by atoms with van der Waals surface area (Å²) >= 11 is 0. The van der Waals surface area contributed by atoms with Gasteiger partial charge in [0.2, 0.25) is 5.91 Å². The third-order valence-corrected chi connectivity index (χ3v) is 8.35. The molecule has 6 heteroatoms. The van der Waals surface area contributed by atoms with Crippen LogP contribution in [0.2, 0.25) is 0 Å². The van der Waals surface area contributed by atoms with Gasteiger partial charge >= 0.3 is 0 Å². The standard InChI is InChI=1S/C24H34N4O2/c29-18-22(19-4-8-25-9-5-19)27-10-6-24(7-11-27)16-20(17-24)23(30)28-14-12-26(13-15-28)21-2-1-3-21/h4-5,8-9,18,20-22H,1-3,6-7,10-17H2. The Kier molecular flexibility index (Phi) is 5.63. The number of aldehydes is 1. The van der Waals surface area contributed by atoms with Crippen LogP contribution in [-0.4, -0.2) is 77.2 Å². The van der Waals surface area contributed by atoms with Gasteiger partial charge in [-0.1, -0.05) is 6.42 Å². The molecule has 4 aliphatic rings. The molecule has 2 saturated heterocycles. The van der Waals surface area contributed by atoms with E-state index in [0.717, 1.165) is 82.8 Å². The van der Waals surface area contributed by atoms with Gasteiger partial charge in [0.25, 0.3) is 0 Å². The van der Waals surface area contributed by atoms with E-state index in [-0.39, 0.29) is 12.0 Å². The van der Waals surface area contributed by atoms with Crippen LogP contribution in [0, 0.1) is 11.3 Å². The van der Waals surface area contributed by atoms with Gasteiger partial charge in [-0.15, -0.1) is 0 Å². The van der Waals surface area contributed by atoms with Crippen molar-refractivity contribution < 1.29 is 9.59 Å². The fourth-order valence-electron chi connectivity index (χ4n) is 6.10. The maximum atomic E-state index is 13.0. The molecule has 1 atom stereocenters. The quantitative estimate of drug-likeness (QED) is 0.698. The Morgan fingerprint density at radius 1 is 1.03 bits per heavy atom. The largest absolute Gasteiger partial charge is 0.340 e. The number of rotatable bonds is 5. The first-order valence-corrected chi connectivity index (χ1v) is 11.8. The molecule has 162 valence electrons. The minimum Gasteiger partial charge on any atom is -0.340 e. The van der Waals surface area contributed by atoms with Gasteiger partial charge in [-0.25, -0.2) is 0 Å². The van der Waals surface area contributed by atoms with Gasteiger partial charge in [0.15, 0.2) is 0 Å². The summed E-state index contributed by atoms with van der Waals surface area (Å²) in [5.74, 6) is 0.632. The average Bonchev–Trinajstić information content (AvgIpc) is 2.73. The number of nitrogens with zero attached hydrogens (tertiary/aromatic N) is 4. The third-order valence-electron chi connectivity index (χ3n) is 8.35. The van der Waals surface area contributed by atoms with Gasteiger partial charge in [0.1, 0.15) is 6.29 Å². The topological polar surface area (TPSA) is 56.8 Å². The molecule has 0 bridgehead atoms. The van der Waals surface area contributed by atoms with Crippen LogP contribution in [0.1, 0.15) is 56.6 Å². The number of hydrogen-bond acceptors (Lipinski definition) is 5. The summed E-state index contributed by atoms with van der Waals surface area (Å²) in [5.41, 5.74) is 1.36. The highest BCUT2D eigenvalue weighted by molar-refractivity contribution is 5.80. The average molecular weight is 411 g/mol. The van der Waals surface area contributed by atoms with Crippen molar-refractivity contribution in [2.45, 2.75) is 57.0 Å². The lowest BCUT2D eigenvalue weighted by Gasteiger charge is -2.53. The minimum atomic E-state index is -0.171. The smallest absolute Gasteiger partial charge is 0.225 e. The fraction of sp³-hybridized carbons (Fsp3) is 0.708. The zero-order valence-corrected chi connectivity index (χ0v) is 17.9. The number of likely N-dealkylation sites (tertiary alicyclic amines) is 1. The predicted octanol–water partition coefficient (Wildman–Crippen LogP) is 2.51. The first-order valence-electron chi connectivity index (χ1n) is 11.8. The number of carbonyl (C=O) groups excluding carboxylic acids is 2. The van der Waals surface area contributed by atoms with Crippen LogP contribution < -0.4 is 0 Å². The normalized spacial score (nSPS) is 26.7. The minimum absolute atomic E-state index is 0.171. The van der Waals surface area contributed by atoms with E-state index in [4.69, 9.17) is 0 Å². The Hall–Kier alpha value is -1.79. The lowest BCUT2D eigenvalue weighted by atomic mass is 9.57. The SMILES string of the molecule is O=CC(c1ccncc1)N1CCC2(CC1)CC(C(=O)N1CCN(C3CCC3)CC1)C2. The Labute approximate surface area is 179 Å². The van der Waals surface area contributed by atoms with Crippen molar-refractivity contribution in [3.8, 4) is 0 Å². The molecule has 1 aromatic heterocycles. The second kappa shape index (κ2) is 8.39. The molecule has 2 saturated carbocycles. The molecule has 1 amide bonds. The molecule has 1 spiro atoms. The molecule has 0 aromatic carbocycles. The van der Waals surface area contributed by atoms with Crippen molar-refractivity contribution in [2.75, 3.05) is 39.3 Å². The van der Waals surface area contributed by atoms with E-state index in [9.17, 15) is 9.59 Å². The van der Waals surface area contributed by atoms with E-state index < -0.39 is 0 Å². The van der Waals surface area contributed by atoms with E-state index in [2.05, 4.69) is 19.7 Å². The van der Waals surface area contributed by atoms with Crippen LogP contribution in [0.25, 0.3) is 0 Å². The highest BCUT2D eigenvalue weighted by Crippen LogP contribution is 2.53. The van der Waals surface area contributed by atoms with Crippen LogP contribution in [0.5, 0.6) is 0 Å². The van der Waals surface area contributed by atoms with Crippen molar-refractivity contribution in [2.24, 2.45) is 11.3 Å². The molecule has 5 rings (SSSR count). The Morgan fingerprint density at radius 2 is 1.70 bits per heavy atom. The van der Waals surface area contributed by atoms with Gasteiger partial charge < -0.3 is 9.69 Å². The van der Waals surface area contributed by atoms with Gasteiger partial charge in [-0.3, -0.25) is 19.6 Å². The Bertz CT molecular complexity index is 742. The molecule has 1 unspecified atom stereocenters. The maximum absolute atomic E-state index is 13.0. The van der Waals surface area contributed by atoms with Gasteiger partial charge in [0.05, 0.1) is 6.04 Å². The summed E-state index contributed by atoms with van der Waals surface area (Å²) in [4.78, 5) is 35.8. The van der Waals surface area contributed by atoms with E-state index in [1.165, 1.54) is 19.3 Å². The van der Waals surface area contributed by atoms with Crippen LogP contribution in [0.15, 0.2) is 24.5 Å². The second-order valence-corrected chi connectivity index (χ2v) is 9.95. The van der Waals surface area contributed by atoms with Crippen molar-refractivity contribution in [1.82, 2.24) is 19.7 Å². The summed E-state index contributed by atoms with van der Waals surface area (Å²) in [5, 5.41) is 0. The van der Waals surface area contributed by atoms with Gasteiger partial charge in [-0.05, 0) is 74.7 Å². The molecule has 0 radical (unpaired) electrons. The molecule has 2 aliphatic heterocycles. The van der Waals surface area contributed by atoms with E-state index >= 15 is 0 Å². The lowest BCUT2D eigenvalue weighted by Crippen LogP contribution is -2.57. The zero-order chi connectivity index (χ0) is 20.6. The van der Waals surface area contributed by atoms with Crippen LogP contribution in [0.4, 0.5) is 0 Å². The Balaban J connectivity index is 1.09. The van der Waals surface area contributed by atoms with E-state index in [0.29, 0.717) is 11.3 Å². The fourth-order valence-corrected chi connectivity index (χ4v) is 6.10. The highest BCUT2D eigenvalue weighted by atomic mass is 16.2. The van der Waals surface area contributed by atoms with Crippen LogP contribution >= 0.6 is 0 Å². The number of carbonyl (C=O) groups is 2. The van der Waals surface area contributed by atoms with Crippen LogP contribution in [-0.2, 0) is 9.59 Å². The lowest BCUT2D eigenvalue weighted by molar-refractivity contribution is -0.148. The molecular weight excluding hydrogens is 376 g/mol. The summed E-state index contributed by atoms with van der Waals surface area (Å²) in [6.45, 7) is 5.83. The number of pyridine rings is 1. The summed E-state index contributed by atoms with van der Waals surface area (Å²) < 4.78 is 0. The molecule has 1 aromatic rings. The van der Waals surface area contributed by atoms with E-state index in [1.54, 1.807) is 12.4 Å². The third kappa shape index (κ3) is 3.80. The van der Waals surface area contributed by atoms with Crippen molar-refractivity contribution >= 4 is 12.2 Å². The predicted molar refractivity (Wildman–Crippen MR) is 115 cm³/mol. The van der Waals surface area contributed by atoms with Crippen LogP contribution in [0.3, 0.4) is 0 Å². The number of amides is 1. The molecule has 2 aliphatic carbocycles. The monoisotopic (exact) mass is 410 g/mol. The second-order valence-electron chi connectivity index (χ2n) is 9.95. The number of hydrogen-bond donors (Lipinski definition) is 0. The Morgan fingerprint density at radius 3 is 2.27 bits per heavy atom. The van der Waals surface area contributed by atoms with Crippen molar-refractivity contribution in [3.05, 3.63) is 30.1 Å². The van der Waals surface area contributed by atoms with E-state index in [1.807, 2.05) is 12.1 Å². The van der Waals surface area contributed by atoms with Gasteiger partial charge in [0, 0.05) is 50.5 Å². The van der Waals surface area contributed by atoms with Crippen molar-refractivity contribution in [1.29, 1.82) is 0 Å². The number of aromatic nitrogens is 1. The molecule has 6 nitrogen and oxygen atoms in total. The molecule has 4 fully saturated rings. The van der Waals surface area contributed by atoms with Gasteiger partial charge in [-0.2, -0.15) is 0 Å². The number of piperidine rings is 1. The zero-order valence-electron chi connectivity index (χ0n) is 17.9. The first-order chi connectivity index (χ1) is 14.7. The molecule has 30 heavy (non-hydrogen) atoms. The summed E-state index contributed by atoms with van der Waals surface area (Å²) in [6.07, 6.45) is 12.9. The number of piperazine rings is 1. The maximum Gasteiger partial charge on any atom is 0.225 e. The summed E-state index contributed by atoms with van der Waals surface area (Å²) in [7, 11) is 0. The summed E-state index contributed by atoms with van der Waals surface area (Å²) in [6, 6.07) is 4.50. The molecule has 3 heterocycles. The first kappa shape index (κ1) is 20.1. The molecule has 0 N–H and O–H groups in total.